The lowest BCUT2D eigenvalue weighted by Crippen LogP contribution is -2.19. The van der Waals surface area contributed by atoms with Gasteiger partial charge in [-0.2, -0.15) is 0 Å². The van der Waals surface area contributed by atoms with Crippen molar-refractivity contribution in [1.29, 1.82) is 0 Å². The second-order valence-corrected chi connectivity index (χ2v) is 5.93. The molecule has 0 atom stereocenters. The molecule has 0 fully saturated rings. The largest absolute Gasteiger partial charge is 0.399 e. The van der Waals surface area contributed by atoms with Gasteiger partial charge in [-0.3, -0.25) is 0 Å². The van der Waals surface area contributed by atoms with Gasteiger partial charge in [-0.1, -0.05) is 18.2 Å². The lowest BCUT2D eigenvalue weighted by Gasteiger charge is -2.19. The summed E-state index contributed by atoms with van der Waals surface area (Å²) in [5.74, 6) is 0. The molecular weight excluding hydrogens is 335 g/mol. The molecule has 2 aromatic rings. The van der Waals surface area contributed by atoms with Gasteiger partial charge >= 0.3 is 0 Å². The van der Waals surface area contributed by atoms with E-state index in [1.807, 2.05) is 6.07 Å². The molecule has 0 amide bonds. The summed E-state index contributed by atoms with van der Waals surface area (Å²) in [6, 6.07) is 15.0. The number of hydrogen-bond acceptors (Lipinski definition) is 2. The van der Waals surface area contributed by atoms with Crippen molar-refractivity contribution < 1.29 is 0 Å². The van der Waals surface area contributed by atoms with Crippen molar-refractivity contribution in [2.75, 3.05) is 17.2 Å². The highest BCUT2D eigenvalue weighted by atomic mass is 127. The van der Waals surface area contributed by atoms with Crippen LogP contribution in [0.5, 0.6) is 0 Å². The van der Waals surface area contributed by atoms with Crippen LogP contribution in [0.1, 0.15) is 11.1 Å². The van der Waals surface area contributed by atoms with Crippen molar-refractivity contribution in [2.24, 2.45) is 0 Å². The van der Waals surface area contributed by atoms with Crippen molar-refractivity contribution >= 4 is 34.0 Å². The van der Waals surface area contributed by atoms with Gasteiger partial charge in [0, 0.05) is 28.0 Å². The normalized spacial score (nSPS) is 13.7. The SMILES string of the molecule is Nc1ccc2c(c1)N(Cc1ccc(I)cc1)CC2. The fourth-order valence-corrected chi connectivity index (χ4v) is 2.80. The number of hydrogen-bond donors (Lipinski definition) is 1. The van der Waals surface area contributed by atoms with Crippen LogP contribution < -0.4 is 10.6 Å². The minimum Gasteiger partial charge on any atom is -0.399 e. The zero-order valence-corrected chi connectivity index (χ0v) is 12.2. The van der Waals surface area contributed by atoms with E-state index in [1.165, 1.54) is 20.4 Å². The number of nitrogens with zero attached hydrogens (tertiary/aromatic N) is 1. The smallest absolute Gasteiger partial charge is 0.0429 e. The lowest BCUT2D eigenvalue weighted by molar-refractivity contribution is 0.836. The van der Waals surface area contributed by atoms with Crippen LogP contribution in [0.4, 0.5) is 11.4 Å². The second-order valence-electron chi connectivity index (χ2n) is 4.69. The predicted octanol–water partition coefficient (Wildman–Crippen LogP) is 3.44. The van der Waals surface area contributed by atoms with Gasteiger partial charge in [0.25, 0.3) is 0 Å². The molecule has 1 heterocycles. The molecule has 3 rings (SSSR count). The maximum Gasteiger partial charge on any atom is 0.0429 e. The Hall–Kier alpha value is -1.23. The van der Waals surface area contributed by atoms with Crippen LogP contribution in [0.15, 0.2) is 42.5 Å². The van der Waals surface area contributed by atoms with E-state index in [2.05, 4.69) is 63.9 Å². The predicted molar refractivity (Wildman–Crippen MR) is 84.8 cm³/mol. The summed E-state index contributed by atoms with van der Waals surface area (Å²) in [4.78, 5) is 2.41. The van der Waals surface area contributed by atoms with Gasteiger partial charge in [0.1, 0.15) is 0 Å². The number of rotatable bonds is 2. The van der Waals surface area contributed by atoms with Gasteiger partial charge in [-0.25, -0.2) is 0 Å². The monoisotopic (exact) mass is 350 g/mol. The highest BCUT2D eigenvalue weighted by Gasteiger charge is 2.18. The number of nitrogen functional groups attached to an aromatic ring is 1. The molecule has 2 N–H and O–H groups in total. The van der Waals surface area contributed by atoms with Crippen molar-refractivity contribution in [3.8, 4) is 0 Å². The quantitative estimate of drug-likeness (QED) is 0.664. The van der Waals surface area contributed by atoms with Crippen LogP contribution in [0.3, 0.4) is 0 Å². The molecule has 18 heavy (non-hydrogen) atoms. The van der Waals surface area contributed by atoms with Gasteiger partial charge in [0.15, 0.2) is 0 Å². The van der Waals surface area contributed by atoms with Crippen molar-refractivity contribution in [3.63, 3.8) is 0 Å². The Bertz CT molecular complexity index is 563. The molecule has 2 nitrogen and oxygen atoms in total. The summed E-state index contributed by atoms with van der Waals surface area (Å²) in [5, 5.41) is 0. The molecule has 0 aliphatic carbocycles. The average Bonchev–Trinajstić information content (AvgIpc) is 2.75. The molecule has 92 valence electrons. The molecule has 0 saturated carbocycles. The van der Waals surface area contributed by atoms with E-state index < -0.39 is 0 Å². The summed E-state index contributed by atoms with van der Waals surface area (Å²) >= 11 is 2.34. The lowest BCUT2D eigenvalue weighted by atomic mass is 10.1. The zero-order chi connectivity index (χ0) is 12.5. The van der Waals surface area contributed by atoms with Gasteiger partial charge in [-0.15, -0.1) is 0 Å². The standard InChI is InChI=1S/C15H15IN2/c16-13-4-1-11(2-5-13)10-18-8-7-12-3-6-14(17)9-15(12)18/h1-6,9H,7-8,10,17H2. The van der Waals surface area contributed by atoms with Crippen molar-refractivity contribution in [3.05, 3.63) is 57.2 Å². The third-order valence-electron chi connectivity index (χ3n) is 3.39. The first kappa shape index (κ1) is 11.8. The highest BCUT2D eigenvalue weighted by molar-refractivity contribution is 14.1. The number of anilines is 2. The Balaban J connectivity index is 1.84. The van der Waals surface area contributed by atoms with Gasteiger partial charge in [-0.05, 0) is 64.4 Å². The van der Waals surface area contributed by atoms with E-state index in [-0.39, 0.29) is 0 Å². The molecule has 0 saturated heterocycles. The maximum absolute atomic E-state index is 5.88. The first-order chi connectivity index (χ1) is 8.72. The van der Waals surface area contributed by atoms with Gasteiger partial charge < -0.3 is 10.6 Å². The Kier molecular flexibility index (Phi) is 3.16. The third kappa shape index (κ3) is 2.32. The topological polar surface area (TPSA) is 29.3 Å². The summed E-state index contributed by atoms with van der Waals surface area (Å²) < 4.78 is 1.28. The fourth-order valence-electron chi connectivity index (χ4n) is 2.44. The van der Waals surface area contributed by atoms with E-state index in [0.29, 0.717) is 0 Å². The molecule has 1 aliphatic heterocycles. The fraction of sp³-hybridized carbons (Fsp3) is 0.200. The molecular formula is C15H15IN2. The van der Waals surface area contributed by atoms with Crippen LogP contribution in [0, 0.1) is 3.57 Å². The van der Waals surface area contributed by atoms with E-state index in [1.54, 1.807) is 0 Å². The molecule has 0 spiro atoms. The molecule has 0 radical (unpaired) electrons. The minimum atomic E-state index is 0.850. The molecule has 3 heteroatoms. The molecule has 2 aromatic carbocycles. The summed E-state index contributed by atoms with van der Waals surface area (Å²) in [6.45, 7) is 2.05. The average molecular weight is 350 g/mol. The molecule has 0 unspecified atom stereocenters. The number of halogens is 1. The van der Waals surface area contributed by atoms with E-state index in [0.717, 1.165) is 25.2 Å². The van der Waals surface area contributed by atoms with Crippen molar-refractivity contribution in [1.82, 2.24) is 0 Å². The van der Waals surface area contributed by atoms with Crippen LogP contribution in [0.25, 0.3) is 0 Å². The summed E-state index contributed by atoms with van der Waals surface area (Å²) in [6.07, 6.45) is 1.12. The number of nitrogens with two attached hydrogens (primary N) is 1. The van der Waals surface area contributed by atoms with Crippen LogP contribution >= 0.6 is 22.6 Å². The summed E-state index contributed by atoms with van der Waals surface area (Å²) in [5.41, 5.74) is 10.8. The molecule has 0 bridgehead atoms. The Morgan fingerprint density at radius 2 is 1.89 bits per heavy atom. The first-order valence-electron chi connectivity index (χ1n) is 6.10. The van der Waals surface area contributed by atoms with Gasteiger partial charge in [0.05, 0.1) is 0 Å². The van der Waals surface area contributed by atoms with E-state index >= 15 is 0 Å². The third-order valence-corrected chi connectivity index (χ3v) is 4.11. The summed E-state index contributed by atoms with van der Waals surface area (Å²) in [7, 11) is 0. The van der Waals surface area contributed by atoms with Crippen LogP contribution in [0.2, 0.25) is 0 Å². The van der Waals surface area contributed by atoms with Crippen LogP contribution in [-0.4, -0.2) is 6.54 Å². The minimum absolute atomic E-state index is 0.850. The van der Waals surface area contributed by atoms with Gasteiger partial charge in [0.2, 0.25) is 0 Å². The Morgan fingerprint density at radius 1 is 1.11 bits per heavy atom. The zero-order valence-electron chi connectivity index (χ0n) is 10.1. The van der Waals surface area contributed by atoms with Crippen LogP contribution in [-0.2, 0) is 13.0 Å². The second kappa shape index (κ2) is 4.80. The van der Waals surface area contributed by atoms with E-state index in [9.17, 15) is 0 Å². The molecule has 1 aliphatic rings. The number of benzene rings is 2. The number of fused-ring (bicyclic) bond motifs is 1. The van der Waals surface area contributed by atoms with E-state index in [4.69, 9.17) is 5.73 Å². The Labute approximate surface area is 121 Å². The van der Waals surface area contributed by atoms with Crippen molar-refractivity contribution in [2.45, 2.75) is 13.0 Å². The first-order valence-corrected chi connectivity index (χ1v) is 7.18. The highest BCUT2D eigenvalue weighted by Crippen LogP contribution is 2.31. The molecule has 0 aromatic heterocycles. The Morgan fingerprint density at radius 3 is 2.67 bits per heavy atom. The maximum atomic E-state index is 5.88.